The molecule has 1 aromatic carbocycles. The van der Waals surface area contributed by atoms with Crippen molar-refractivity contribution < 1.29 is 14.6 Å². The SMILES string of the molecule is COc1cccc(-n2nnc(C(=O)O)c2CC(C)C)c1. The van der Waals surface area contributed by atoms with Gasteiger partial charge < -0.3 is 9.84 Å². The Morgan fingerprint density at radius 3 is 2.80 bits per heavy atom. The topological polar surface area (TPSA) is 77.2 Å². The van der Waals surface area contributed by atoms with Gasteiger partial charge in [0.2, 0.25) is 0 Å². The van der Waals surface area contributed by atoms with Crippen molar-refractivity contribution in [3.05, 3.63) is 35.7 Å². The van der Waals surface area contributed by atoms with Crippen molar-refractivity contribution in [2.24, 2.45) is 5.92 Å². The molecule has 0 spiro atoms. The number of methoxy groups -OCH3 is 1. The second-order valence-corrected chi connectivity index (χ2v) is 4.90. The lowest BCUT2D eigenvalue weighted by atomic mass is 10.1. The van der Waals surface area contributed by atoms with E-state index in [-0.39, 0.29) is 5.69 Å². The number of carboxylic acid groups (broad SMARTS) is 1. The Kier molecular flexibility index (Phi) is 4.02. The smallest absolute Gasteiger partial charge is 0.358 e. The monoisotopic (exact) mass is 275 g/mol. The highest BCUT2D eigenvalue weighted by Gasteiger charge is 2.20. The average Bonchev–Trinajstić information content (AvgIpc) is 2.81. The zero-order chi connectivity index (χ0) is 14.7. The lowest BCUT2D eigenvalue weighted by Crippen LogP contribution is -2.09. The van der Waals surface area contributed by atoms with Crippen LogP contribution in [0.3, 0.4) is 0 Å². The standard InChI is InChI=1S/C14H17N3O3/c1-9(2)7-12-13(14(18)19)15-16-17(12)10-5-4-6-11(8-10)20-3/h4-6,8-9H,7H2,1-3H3,(H,18,19). The number of hydrogen-bond acceptors (Lipinski definition) is 4. The number of hydrogen-bond donors (Lipinski definition) is 1. The van der Waals surface area contributed by atoms with E-state index in [0.717, 1.165) is 5.69 Å². The first-order chi connectivity index (χ1) is 9.52. The number of rotatable bonds is 5. The van der Waals surface area contributed by atoms with Gasteiger partial charge in [-0.05, 0) is 24.5 Å². The summed E-state index contributed by atoms with van der Waals surface area (Å²) in [6.07, 6.45) is 0.589. The fourth-order valence-electron chi connectivity index (χ4n) is 1.99. The van der Waals surface area contributed by atoms with E-state index in [9.17, 15) is 9.90 Å². The van der Waals surface area contributed by atoms with Crippen molar-refractivity contribution in [3.63, 3.8) is 0 Å². The zero-order valence-corrected chi connectivity index (χ0v) is 11.7. The largest absolute Gasteiger partial charge is 0.497 e. The summed E-state index contributed by atoms with van der Waals surface area (Å²) in [6, 6.07) is 7.28. The van der Waals surface area contributed by atoms with Crippen LogP contribution in [-0.2, 0) is 6.42 Å². The molecule has 106 valence electrons. The van der Waals surface area contributed by atoms with Crippen molar-refractivity contribution in [1.29, 1.82) is 0 Å². The van der Waals surface area contributed by atoms with Crippen LogP contribution in [0.15, 0.2) is 24.3 Å². The van der Waals surface area contributed by atoms with Crippen molar-refractivity contribution in [2.75, 3.05) is 7.11 Å². The van der Waals surface area contributed by atoms with Gasteiger partial charge in [-0.15, -0.1) is 5.10 Å². The first kappa shape index (κ1) is 14.0. The Labute approximate surface area is 117 Å². The lowest BCUT2D eigenvalue weighted by molar-refractivity contribution is 0.0689. The molecule has 0 aliphatic carbocycles. The minimum Gasteiger partial charge on any atom is -0.497 e. The van der Waals surface area contributed by atoms with Crippen LogP contribution in [0.4, 0.5) is 0 Å². The fraction of sp³-hybridized carbons (Fsp3) is 0.357. The number of carbonyl (C=O) groups is 1. The summed E-state index contributed by atoms with van der Waals surface area (Å²) in [6.45, 7) is 4.04. The third-order valence-electron chi connectivity index (χ3n) is 2.87. The molecule has 1 N–H and O–H groups in total. The molecule has 1 aromatic heterocycles. The van der Waals surface area contributed by atoms with Gasteiger partial charge in [0.25, 0.3) is 0 Å². The Bertz CT molecular complexity index is 620. The number of benzene rings is 1. The Morgan fingerprint density at radius 2 is 2.20 bits per heavy atom. The first-order valence-corrected chi connectivity index (χ1v) is 6.35. The third kappa shape index (κ3) is 2.79. The number of aromatic carboxylic acids is 1. The number of ether oxygens (including phenoxy) is 1. The zero-order valence-electron chi connectivity index (χ0n) is 11.7. The molecular formula is C14H17N3O3. The van der Waals surface area contributed by atoms with E-state index in [0.29, 0.717) is 23.8 Å². The summed E-state index contributed by atoms with van der Waals surface area (Å²) in [5.74, 6) is -0.0730. The normalized spacial score (nSPS) is 10.8. The molecule has 1 heterocycles. The van der Waals surface area contributed by atoms with Gasteiger partial charge in [-0.2, -0.15) is 0 Å². The van der Waals surface area contributed by atoms with Gasteiger partial charge in [-0.3, -0.25) is 0 Å². The molecule has 20 heavy (non-hydrogen) atoms. The number of aromatic nitrogens is 3. The van der Waals surface area contributed by atoms with Gasteiger partial charge >= 0.3 is 5.97 Å². The molecule has 0 fully saturated rings. The maximum absolute atomic E-state index is 11.2. The van der Waals surface area contributed by atoms with E-state index in [1.165, 1.54) is 0 Å². The van der Waals surface area contributed by atoms with Crippen LogP contribution in [0.25, 0.3) is 5.69 Å². The highest BCUT2D eigenvalue weighted by atomic mass is 16.5. The van der Waals surface area contributed by atoms with Crippen LogP contribution in [0, 0.1) is 5.92 Å². The molecule has 0 amide bonds. The Hall–Kier alpha value is -2.37. The molecule has 0 saturated carbocycles. The highest BCUT2D eigenvalue weighted by molar-refractivity contribution is 5.86. The fourth-order valence-corrected chi connectivity index (χ4v) is 1.99. The molecular weight excluding hydrogens is 258 g/mol. The van der Waals surface area contributed by atoms with E-state index in [1.54, 1.807) is 17.9 Å². The van der Waals surface area contributed by atoms with Gasteiger partial charge in [0.1, 0.15) is 5.75 Å². The van der Waals surface area contributed by atoms with Gasteiger partial charge in [0, 0.05) is 6.07 Å². The Balaban J connectivity index is 2.52. The van der Waals surface area contributed by atoms with E-state index >= 15 is 0 Å². The molecule has 0 radical (unpaired) electrons. The second kappa shape index (κ2) is 5.73. The molecule has 6 nitrogen and oxygen atoms in total. The molecule has 0 saturated heterocycles. The Morgan fingerprint density at radius 1 is 1.45 bits per heavy atom. The summed E-state index contributed by atoms with van der Waals surface area (Å²) < 4.78 is 6.74. The summed E-state index contributed by atoms with van der Waals surface area (Å²) in [5, 5.41) is 16.9. The summed E-state index contributed by atoms with van der Waals surface area (Å²) in [5.41, 5.74) is 1.34. The maximum Gasteiger partial charge on any atom is 0.358 e. The summed E-state index contributed by atoms with van der Waals surface area (Å²) in [7, 11) is 1.58. The van der Waals surface area contributed by atoms with Crippen LogP contribution in [0.2, 0.25) is 0 Å². The summed E-state index contributed by atoms with van der Waals surface area (Å²) in [4.78, 5) is 11.2. The van der Waals surface area contributed by atoms with Crippen LogP contribution >= 0.6 is 0 Å². The van der Waals surface area contributed by atoms with Gasteiger partial charge in [0.05, 0.1) is 18.5 Å². The molecule has 0 aliphatic rings. The van der Waals surface area contributed by atoms with Crippen molar-refractivity contribution in [3.8, 4) is 11.4 Å². The van der Waals surface area contributed by atoms with Crippen molar-refractivity contribution in [1.82, 2.24) is 15.0 Å². The predicted octanol–water partition coefficient (Wildman–Crippen LogP) is 2.17. The maximum atomic E-state index is 11.2. The van der Waals surface area contributed by atoms with Gasteiger partial charge in [-0.1, -0.05) is 25.1 Å². The molecule has 0 bridgehead atoms. The molecule has 0 aliphatic heterocycles. The van der Waals surface area contributed by atoms with Crippen molar-refractivity contribution >= 4 is 5.97 Å². The quantitative estimate of drug-likeness (QED) is 0.904. The molecule has 0 atom stereocenters. The minimum atomic E-state index is -1.06. The number of nitrogens with zero attached hydrogens (tertiary/aromatic N) is 3. The van der Waals surface area contributed by atoms with E-state index < -0.39 is 5.97 Å². The minimum absolute atomic E-state index is 0.00141. The van der Waals surface area contributed by atoms with Crippen LogP contribution in [-0.4, -0.2) is 33.2 Å². The van der Waals surface area contributed by atoms with E-state index in [4.69, 9.17) is 4.74 Å². The van der Waals surface area contributed by atoms with E-state index in [2.05, 4.69) is 10.3 Å². The molecule has 6 heteroatoms. The molecule has 2 aromatic rings. The van der Waals surface area contributed by atoms with Crippen molar-refractivity contribution in [2.45, 2.75) is 20.3 Å². The second-order valence-electron chi connectivity index (χ2n) is 4.90. The highest BCUT2D eigenvalue weighted by Crippen LogP contribution is 2.20. The first-order valence-electron chi connectivity index (χ1n) is 6.35. The van der Waals surface area contributed by atoms with Gasteiger partial charge in [-0.25, -0.2) is 9.48 Å². The lowest BCUT2D eigenvalue weighted by Gasteiger charge is -2.10. The molecule has 0 unspecified atom stereocenters. The third-order valence-corrected chi connectivity index (χ3v) is 2.87. The molecule has 2 rings (SSSR count). The van der Waals surface area contributed by atoms with E-state index in [1.807, 2.05) is 32.0 Å². The summed E-state index contributed by atoms with van der Waals surface area (Å²) >= 11 is 0. The van der Waals surface area contributed by atoms with Crippen LogP contribution in [0.1, 0.15) is 30.0 Å². The average molecular weight is 275 g/mol. The van der Waals surface area contributed by atoms with Gasteiger partial charge in [0.15, 0.2) is 5.69 Å². The van der Waals surface area contributed by atoms with Crippen LogP contribution < -0.4 is 4.74 Å². The van der Waals surface area contributed by atoms with Crippen LogP contribution in [0.5, 0.6) is 5.75 Å². The predicted molar refractivity (Wildman–Crippen MR) is 73.4 cm³/mol. The number of carboxylic acids is 1.